The van der Waals surface area contributed by atoms with Crippen LogP contribution < -0.4 is 16.0 Å². The standard InChI is InChI=1S/C17H15ClN4OS/c1-10-14(16(23)21-13-8-4-5-9-19-13)15(22-17(24)20-10)11-6-2-3-7-12(11)18/h2-9,15H,1H3,(H,19,21,23)(H2,20,22,24)/t15-/m0/s1. The third-order valence-electron chi connectivity index (χ3n) is 3.64. The molecule has 0 bridgehead atoms. The fourth-order valence-corrected chi connectivity index (χ4v) is 3.07. The number of rotatable bonds is 3. The monoisotopic (exact) mass is 358 g/mol. The SMILES string of the molecule is CC1=C(C(=O)Nc2ccccn2)[C@H](c2ccccc2Cl)NC(=S)N1. The van der Waals surface area contributed by atoms with Crippen molar-refractivity contribution in [2.75, 3.05) is 5.32 Å². The van der Waals surface area contributed by atoms with E-state index in [4.69, 9.17) is 23.8 Å². The molecule has 1 aromatic carbocycles. The minimum atomic E-state index is -0.434. The van der Waals surface area contributed by atoms with Gasteiger partial charge in [0.15, 0.2) is 5.11 Å². The molecule has 3 rings (SSSR count). The fraction of sp³-hybridized carbons (Fsp3) is 0.118. The van der Waals surface area contributed by atoms with Crippen molar-refractivity contribution in [1.29, 1.82) is 0 Å². The number of pyridine rings is 1. The molecule has 1 aliphatic rings. The molecule has 1 amide bonds. The Bertz CT molecular complexity index is 822. The summed E-state index contributed by atoms with van der Waals surface area (Å²) in [5.41, 5.74) is 1.98. The van der Waals surface area contributed by atoms with Crippen LogP contribution in [-0.4, -0.2) is 16.0 Å². The summed E-state index contributed by atoms with van der Waals surface area (Å²) in [6, 6.07) is 12.3. The lowest BCUT2D eigenvalue weighted by atomic mass is 9.95. The fourth-order valence-electron chi connectivity index (χ4n) is 2.56. The average Bonchev–Trinajstić information content (AvgIpc) is 2.55. The maximum atomic E-state index is 12.8. The minimum Gasteiger partial charge on any atom is -0.351 e. The Balaban J connectivity index is 1.98. The number of aromatic nitrogens is 1. The van der Waals surface area contributed by atoms with Crippen LogP contribution in [0.1, 0.15) is 18.5 Å². The van der Waals surface area contributed by atoms with E-state index in [9.17, 15) is 4.79 Å². The number of amides is 1. The van der Waals surface area contributed by atoms with Crippen LogP contribution >= 0.6 is 23.8 Å². The van der Waals surface area contributed by atoms with Gasteiger partial charge in [-0.2, -0.15) is 0 Å². The van der Waals surface area contributed by atoms with Gasteiger partial charge in [0, 0.05) is 16.9 Å². The first-order chi connectivity index (χ1) is 11.6. The van der Waals surface area contributed by atoms with Crippen LogP contribution in [0, 0.1) is 0 Å². The molecule has 24 heavy (non-hydrogen) atoms. The maximum absolute atomic E-state index is 12.8. The molecule has 0 aliphatic carbocycles. The Hall–Kier alpha value is -2.44. The summed E-state index contributed by atoms with van der Waals surface area (Å²) in [7, 11) is 0. The predicted octanol–water partition coefficient (Wildman–Crippen LogP) is 3.17. The molecule has 3 N–H and O–H groups in total. The number of benzene rings is 1. The average molecular weight is 359 g/mol. The second kappa shape index (κ2) is 6.98. The van der Waals surface area contributed by atoms with Crippen LogP contribution in [-0.2, 0) is 4.79 Å². The van der Waals surface area contributed by atoms with Gasteiger partial charge in [-0.1, -0.05) is 35.9 Å². The summed E-state index contributed by atoms with van der Waals surface area (Å²) in [5, 5.41) is 9.93. The molecule has 2 heterocycles. The van der Waals surface area contributed by atoms with Gasteiger partial charge in [0.2, 0.25) is 0 Å². The van der Waals surface area contributed by atoms with Crippen LogP contribution in [0.3, 0.4) is 0 Å². The van der Waals surface area contributed by atoms with Gasteiger partial charge in [-0.3, -0.25) is 4.79 Å². The van der Waals surface area contributed by atoms with Crippen molar-refractivity contribution in [2.24, 2.45) is 0 Å². The molecule has 122 valence electrons. The first-order valence-corrected chi connectivity index (χ1v) is 8.10. The number of hydrogen-bond donors (Lipinski definition) is 3. The summed E-state index contributed by atoms with van der Waals surface area (Å²) >= 11 is 11.5. The number of anilines is 1. The van der Waals surface area contributed by atoms with Crippen molar-refractivity contribution >= 4 is 40.7 Å². The zero-order chi connectivity index (χ0) is 17.1. The summed E-state index contributed by atoms with van der Waals surface area (Å²) in [5.74, 6) is 0.215. The normalized spacial score (nSPS) is 17.1. The van der Waals surface area contributed by atoms with E-state index in [2.05, 4.69) is 20.9 Å². The Kier molecular flexibility index (Phi) is 4.78. The highest BCUT2D eigenvalue weighted by molar-refractivity contribution is 7.80. The lowest BCUT2D eigenvalue weighted by molar-refractivity contribution is -0.113. The molecule has 0 fully saturated rings. The highest BCUT2D eigenvalue weighted by Gasteiger charge is 2.31. The lowest BCUT2D eigenvalue weighted by Crippen LogP contribution is -2.45. The number of hydrogen-bond acceptors (Lipinski definition) is 3. The zero-order valence-electron chi connectivity index (χ0n) is 12.8. The highest BCUT2D eigenvalue weighted by Crippen LogP contribution is 2.31. The van der Waals surface area contributed by atoms with Gasteiger partial charge in [0.25, 0.3) is 5.91 Å². The third kappa shape index (κ3) is 3.39. The molecule has 1 aromatic heterocycles. The summed E-state index contributed by atoms with van der Waals surface area (Å²) in [4.78, 5) is 16.9. The van der Waals surface area contributed by atoms with E-state index in [0.29, 0.717) is 27.2 Å². The molecule has 0 saturated carbocycles. The second-order valence-corrected chi connectivity index (χ2v) is 6.08. The minimum absolute atomic E-state index is 0.265. The Labute approximate surface area is 150 Å². The Morgan fingerprint density at radius 2 is 2.00 bits per heavy atom. The van der Waals surface area contributed by atoms with E-state index in [-0.39, 0.29) is 5.91 Å². The van der Waals surface area contributed by atoms with Gasteiger partial charge >= 0.3 is 0 Å². The van der Waals surface area contributed by atoms with E-state index in [1.807, 2.05) is 31.2 Å². The van der Waals surface area contributed by atoms with Crippen molar-refractivity contribution in [3.63, 3.8) is 0 Å². The molecule has 0 unspecified atom stereocenters. The van der Waals surface area contributed by atoms with Gasteiger partial charge < -0.3 is 16.0 Å². The predicted molar refractivity (Wildman–Crippen MR) is 98.6 cm³/mol. The number of thiocarbonyl (C=S) groups is 1. The van der Waals surface area contributed by atoms with Crippen LogP contribution in [0.25, 0.3) is 0 Å². The van der Waals surface area contributed by atoms with Gasteiger partial charge in [-0.15, -0.1) is 0 Å². The van der Waals surface area contributed by atoms with Crippen LogP contribution in [0.2, 0.25) is 5.02 Å². The molecule has 0 saturated heterocycles. The number of allylic oxidation sites excluding steroid dienone is 1. The van der Waals surface area contributed by atoms with Gasteiger partial charge in [-0.25, -0.2) is 4.98 Å². The number of nitrogens with one attached hydrogen (secondary N) is 3. The second-order valence-electron chi connectivity index (χ2n) is 5.26. The molecule has 7 heteroatoms. The number of carbonyl (C=O) groups excluding carboxylic acids is 1. The number of halogens is 1. The topological polar surface area (TPSA) is 66.0 Å². The first kappa shape index (κ1) is 16.4. The number of nitrogens with zero attached hydrogens (tertiary/aromatic N) is 1. The van der Waals surface area contributed by atoms with Crippen molar-refractivity contribution in [1.82, 2.24) is 15.6 Å². The molecule has 1 aliphatic heterocycles. The van der Waals surface area contributed by atoms with Gasteiger partial charge in [-0.05, 0) is 42.9 Å². The molecule has 2 aromatic rings. The largest absolute Gasteiger partial charge is 0.351 e. The van der Waals surface area contributed by atoms with E-state index >= 15 is 0 Å². The highest BCUT2D eigenvalue weighted by atomic mass is 35.5. The summed E-state index contributed by atoms with van der Waals surface area (Å²) in [6.45, 7) is 1.81. The maximum Gasteiger partial charge on any atom is 0.256 e. The molecule has 5 nitrogen and oxygen atoms in total. The van der Waals surface area contributed by atoms with E-state index in [1.54, 1.807) is 24.4 Å². The molecular formula is C17H15ClN4OS. The van der Waals surface area contributed by atoms with E-state index in [1.165, 1.54) is 0 Å². The smallest absolute Gasteiger partial charge is 0.256 e. The Morgan fingerprint density at radius 1 is 1.25 bits per heavy atom. The van der Waals surface area contributed by atoms with E-state index < -0.39 is 6.04 Å². The molecule has 0 radical (unpaired) electrons. The van der Waals surface area contributed by atoms with Crippen molar-refractivity contribution in [2.45, 2.75) is 13.0 Å². The zero-order valence-corrected chi connectivity index (χ0v) is 14.4. The van der Waals surface area contributed by atoms with Crippen LogP contribution in [0.15, 0.2) is 59.9 Å². The van der Waals surface area contributed by atoms with Gasteiger partial charge in [0.05, 0.1) is 11.6 Å². The van der Waals surface area contributed by atoms with Crippen molar-refractivity contribution in [3.8, 4) is 0 Å². The van der Waals surface area contributed by atoms with Crippen molar-refractivity contribution < 1.29 is 4.79 Å². The quantitative estimate of drug-likeness (QED) is 0.735. The van der Waals surface area contributed by atoms with E-state index in [0.717, 1.165) is 5.56 Å². The summed E-state index contributed by atoms with van der Waals surface area (Å²) < 4.78 is 0. The first-order valence-electron chi connectivity index (χ1n) is 7.31. The number of carbonyl (C=O) groups is 1. The van der Waals surface area contributed by atoms with Crippen LogP contribution in [0.5, 0.6) is 0 Å². The van der Waals surface area contributed by atoms with Crippen LogP contribution in [0.4, 0.5) is 5.82 Å². The molecule has 0 spiro atoms. The third-order valence-corrected chi connectivity index (χ3v) is 4.20. The van der Waals surface area contributed by atoms with Gasteiger partial charge in [0.1, 0.15) is 5.82 Å². The summed E-state index contributed by atoms with van der Waals surface area (Å²) in [6.07, 6.45) is 1.62. The molecular weight excluding hydrogens is 344 g/mol. The van der Waals surface area contributed by atoms with Crippen molar-refractivity contribution in [3.05, 3.63) is 70.5 Å². The lowest BCUT2D eigenvalue weighted by Gasteiger charge is -2.30. The molecule has 1 atom stereocenters. The Morgan fingerprint density at radius 3 is 2.71 bits per heavy atom.